The summed E-state index contributed by atoms with van der Waals surface area (Å²) < 4.78 is 0. The maximum absolute atomic E-state index is 12.5. The van der Waals surface area contributed by atoms with E-state index in [4.69, 9.17) is 10.7 Å². The fraction of sp³-hybridized carbons (Fsp3) is 0.565. The van der Waals surface area contributed by atoms with Gasteiger partial charge in [0.2, 0.25) is 5.95 Å². The van der Waals surface area contributed by atoms with Crippen molar-refractivity contribution in [3.8, 4) is 0 Å². The summed E-state index contributed by atoms with van der Waals surface area (Å²) in [7, 11) is 3.93. The van der Waals surface area contributed by atoms with Gasteiger partial charge in [0.15, 0.2) is 11.5 Å². The molecule has 0 radical (unpaired) electrons. The Labute approximate surface area is 210 Å². The average Bonchev–Trinajstić information content (AvgIpc) is 3.23. The van der Waals surface area contributed by atoms with Crippen LogP contribution in [0.2, 0.25) is 0 Å². The fourth-order valence-corrected chi connectivity index (χ4v) is 4.92. The lowest BCUT2D eigenvalue weighted by atomic mass is 10.0. The summed E-state index contributed by atoms with van der Waals surface area (Å²) >= 11 is 0. The lowest BCUT2D eigenvalue weighted by molar-refractivity contribution is 0.0996. The van der Waals surface area contributed by atoms with Crippen molar-refractivity contribution in [1.82, 2.24) is 34.6 Å². The van der Waals surface area contributed by atoms with Crippen LogP contribution in [0.25, 0.3) is 0 Å². The molecule has 192 valence electrons. The first-order valence-electron chi connectivity index (χ1n) is 12.3. The SMILES string of the molecule is CN1CCN(c2ncc(Nc3nc(N4CCC[C@@H](N5CCN(C)C5=O)C4)cnc3C(N)=O)cn2)CC1. The van der Waals surface area contributed by atoms with Crippen LogP contribution in [0, 0.1) is 0 Å². The Morgan fingerprint density at radius 2 is 1.72 bits per heavy atom. The zero-order chi connectivity index (χ0) is 25.2. The smallest absolute Gasteiger partial charge is 0.320 e. The van der Waals surface area contributed by atoms with Crippen molar-refractivity contribution in [1.29, 1.82) is 0 Å². The number of carbonyl (C=O) groups is 2. The summed E-state index contributed by atoms with van der Waals surface area (Å²) in [6.45, 7) is 6.61. The second-order valence-corrected chi connectivity index (χ2v) is 9.62. The molecule has 5 heterocycles. The third-order valence-electron chi connectivity index (χ3n) is 7.09. The Morgan fingerprint density at radius 3 is 2.39 bits per heavy atom. The maximum Gasteiger partial charge on any atom is 0.320 e. The molecule has 13 nitrogen and oxygen atoms in total. The predicted octanol–water partition coefficient (Wildman–Crippen LogP) is 0.197. The van der Waals surface area contributed by atoms with Crippen LogP contribution in [0.4, 0.5) is 28.1 Å². The number of hydrogen-bond donors (Lipinski definition) is 2. The van der Waals surface area contributed by atoms with E-state index in [1.165, 1.54) is 0 Å². The van der Waals surface area contributed by atoms with Gasteiger partial charge in [0.1, 0.15) is 5.82 Å². The highest BCUT2D eigenvalue weighted by atomic mass is 16.2. The third-order valence-corrected chi connectivity index (χ3v) is 7.09. The second kappa shape index (κ2) is 10.1. The van der Waals surface area contributed by atoms with E-state index in [-0.39, 0.29) is 23.6 Å². The van der Waals surface area contributed by atoms with E-state index in [1.54, 1.807) is 23.5 Å². The molecule has 0 unspecified atom stereocenters. The van der Waals surface area contributed by atoms with Crippen molar-refractivity contribution < 1.29 is 9.59 Å². The zero-order valence-corrected chi connectivity index (χ0v) is 20.8. The lowest BCUT2D eigenvalue weighted by Crippen LogP contribution is -2.49. The number of primary amides is 1. The summed E-state index contributed by atoms with van der Waals surface area (Å²) in [5, 5.41) is 3.13. The number of nitrogens with two attached hydrogens (primary N) is 1. The van der Waals surface area contributed by atoms with E-state index in [0.717, 1.165) is 58.7 Å². The molecule has 2 aromatic heterocycles. The normalized spacial score (nSPS) is 21.3. The number of nitrogens with one attached hydrogen (secondary N) is 1. The number of urea groups is 1. The molecule has 36 heavy (non-hydrogen) atoms. The molecule has 13 heteroatoms. The highest BCUT2D eigenvalue weighted by molar-refractivity contribution is 5.96. The molecule has 0 bridgehead atoms. The number of nitrogens with zero attached hydrogens (tertiary/aromatic N) is 9. The molecule has 5 rings (SSSR count). The largest absolute Gasteiger partial charge is 0.364 e. The standard InChI is InChI=1S/C23H33N11O2/c1-30-6-9-32(10-7-30)22-26-12-16(13-27-22)28-21-19(20(24)35)25-14-18(29-21)33-5-3-4-17(15-33)34-11-8-31(2)23(34)36/h12-14,17H,3-11,15H2,1-2H3,(H2,24,35)(H,28,29)/t17-/m1/s1. The third kappa shape index (κ3) is 4.96. The van der Waals surface area contributed by atoms with E-state index in [9.17, 15) is 9.59 Å². The van der Waals surface area contributed by atoms with Crippen LogP contribution in [0.3, 0.4) is 0 Å². The Hall–Kier alpha value is -3.74. The first-order chi connectivity index (χ1) is 17.4. The second-order valence-electron chi connectivity index (χ2n) is 9.62. The molecule has 2 aromatic rings. The Kier molecular flexibility index (Phi) is 6.72. The number of anilines is 4. The number of aromatic nitrogens is 4. The fourth-order valence-electron chi connectivity index (χ4n) is 4.92. The molecule has 3 aliphatic rings. The highest BCUT2D eigenvalue weighted by Crippen LogP contribution is 2.26. The maximum atomic E-state index is 12.5. The molecule has 0 spiro atoms. The number of carbonyl (C=O) groups excluding carboxylic acids is 2. The van der Waals surface area contributed by atoms with Crippen LogP contribution in [0.5, 0.6) is 0 Å². The van der Waals surface area contributed by atoms with Gasteiger partial charge in [0.05, 0.1) is 30.3 Å². The van der Waals surface area contributed by atoms with Crippen LogP contribution < -0.4 is 20.9 Å². The quantitative estimate of drug-likeness (QED) is 0.571. The zero-order valence-electron chi connectivity index (χ0n) is 20.8. The predicted molar refractivity (Wildman–Crippen MR) is 136 cm³/mol. The minimum absolute atomic E-state index is 0.0480. The van der Waals surface area contributed by atoms with Gasteiger partial charge < -0.3 is 35.6 Å². The van der Waals surface area contributed by atoms with Gasteiger partial charge >= 0.3 is 6.03 Å². The molecule has 0 aliphatic carbocycles. The first kappa shape index (κ1) is 24.0. The van der Waals surface area contributed by atoms with Gasteiger partial charge in [-0.3, -0.25) is 4.79 Å². The summed E-state index contributed by atoms with van der Waals surface area (Å²) in [5.74, 6) is 0.885. The number of likely N-dealkylation sites (N-methyl/N-ethyl adjacent to an activating group) is 2. The van der Waals surface area contributed by atoms with Crippen LogP contribution >= 0.6 is 0 Å². The summed E-state index contributed by atoms with van der Waals surface area (Å²) in [6.07, 6.45) is 6.80. The molecular weight excluding hydrogens is 462 g/mol. The van der Waals surface area contributed by atoms with Gasteiger partial charge in [0.25, 0.3) is 5.91 Å². The molecule has 3 saturated heterocycles. The number of rotatable bonds is 6. The van der Waals surface area contributed by atoms with E-state index in [1.807, 2.05) is 11.9 Å². The molecular formula is C23H33N11O2. The molecule has 3 aliphatic heterocycles. The average molecular weight is 496 g/mol. The van der Waals surface area contributed by atoms with Crippen LogP contribution in [-0.4, -0.2) is 119 Å². The van der Waals surface area contributed by atoms with Crippen LogP contribution in [0.15, 0.2) is 18.6 Å². The van der Waals surface area contributed by atoms with E-state index in [2.05, 4.69) is 42.0 Å². The first-order valence-corrected chi connectivity index (χ1v) is 12.3. The number of piperazine rings is 1. The lowest BCUT2D eigenvalue weighted by Gasteiger charge is -2.37. The molecule has 1 atom stereocenters. The van der Waals surface area contributed by atoms with Crippen molar-refractivity contribution in [3.05, 3.63) is 24.3 Å². The Balaban J connectivity index is 1.32. The molecule has 3 N–H and O–H groups in total. The van der Waals surface area contributed by atoms with Gasteiger partial charge in [0, 0.05) is 59.4 Å². The minimum atomic E-state index is -0.672. The minimum Gasteiger partial charge on any atom is -0.364 e. The van der Waals surface area contributed by atoms with Crippen molar-refractivity contribution in [3.63, 3.8) is 0 Å². The molecule has 0 saturated carbocycles. The summed E-state index contributed by atoms with van der Waals surface area (Å²) in [6, 6.07) is 0.181. The monoisotopic (exact) mass is 495 g/mol. The van der Waals surface area contributed by atoms with E-state index < -0.39 is 5.91 Å². The van der Waals surface area contributed by atoms with Crippen molar-refractivity contribution >= 4 is 35.2 Å². The van der Waals surface area contributed by atoms with Crippen molar-refractivity contribution in [2.45, 2.75) is 18.9 Å². The van der Waals surface area contributed by atoms with Gasteiger partial charge in [-0.2, -0.15) is 0 Å². The van der Waals surface area contributed by atoms with Gasteiger partial charge in [-0.05, 0) is 19.9 Å². The summed E-state index contributed by atoms with van der Waals surface area (Å²) in [4.78, 5) is 52.8. The van der Waals surface area contributed by atoms with Gasteiger partial charge in [-0.15, -0.1) is 0 Å². The van der Waals surface area contributed by atoms with Crippen LogP contribution in [0.1, 0.15) is 23.3 Å². The van der Waals surface area contributed by atoms with E-state index >= 15 is 0 Å². The van der Waals surface area contributed by atoms with Crippen molar-refractivity contribution in [2.75, 3.05) is 81.6 Å². The number of piperidine rings is 1. The van der Waals surface area contributed by atoms with Crippen LogP contribution in [-0.2, 0) is 0 Å². The van der Waals surface area contributed by atoms with E-state index in [0.29, 0.717) is 24.0 Å². The topological polar surface area (TPSA) is 140 Å². The Morgan fingerprint density at radius 1 is 0.972 bits per heavy atom. The van der Waals surface area contributed by atoms with Gasteiger partial charge in [-0.25, -0.2) is 24.7 Å². The molecule has 0 aromatic carbocycles. The highest BCUT2D eigenvalue weighted by Gasteiger charge is 2.34. The Bertz CT molecular complexity index is 1100. The number of amides is 3. The summed E-state index contributed by atoms with van der Waals surface area (Å²) in [5.41, 5.74) is 6.21. The molecule has 3 fully saturated rings. The van der Waals surface area contributed by atoms with Crippen molar-refractivity contribution in [2.24, 2.45) is 5.73 Å². The molecule has 3 amide bonds. The number of hydrogen-bond acceptors (Lipinski definition) is 10. The van der Waals surface area contributed by atoms with Gasteiger partial charge in [-0.1, -0.05) is 0 Å².